The van der Waals surface area contributed by atoms with E-state index in [4.69, 9.17) is 4.74 Å². The first-order valence-electron chi connectivity index (χ1n) is 9.88. The third-order valence-electron chi connectivity index (χ3n) is 5.45. The smallest absolute Gasteiger partial charge is 0.241 e. The summed E-state index contributed by atoms with van der Waals surface area (Å²) in [6, 6.07) is 7.92. The second-order valence-electron chi connectivity index (χ2n) is 7.48. The van der Waals surface area contributed by atoms with Gasteiger partial charge in [0, 0.05) is 31.9 Å². The lowest BCUT2D eigenvalue weighted by atomic mass is 9.96. The maximum atomic E-state index is 12.6. The fraction of sp³-hybridized carbons (Fsp3) is 0.524. The number of hydrogen-bond acceptors (Lipinski definition) is 5. The van der Waals surface area contributed by atoms with Gasteiger partial charge in [-0.3, -0.25) is 14.4 Å². The summed E-state index contributed by atoms with van der Waals surface area (Å²) in [5.41, 5.74) is 2.19. The van der Waals surface area contributed by atoms with E-state index >= 15 is 0 Å². The molecular formula is C21H33Cl2N5O2. The van der Waals surface area contributed by atoms with Crippen LogP contribution in [0.25, 0.3) is 0 Å². The van der Waals surface area contributed by atoms with Crippen LogP contribution >= 0.6 is 24.8 Å². The molecule has 0 saturated carbocycles. The van der Waals surface area contributed by atoms with Crippen molar-refractivity contribution in [1.29, 1.82) is 0 Å². The molecule has 7 nitrogen and oxygen atoms in total. The van der Waals surface area contributed by atoms with Gasteiger partial charge in [0.05, 0.1) is 13.3 Å². The van der Waals surface area contributed by atoms with E-state index in [1.54, 1.807) is 25.0 Å². The van der Waals surface area contributed by atoms with Gasteiger partial charge in [-0.1, -0.05) is 12.1 Å². The molecule has 1 unspecified atom stereocenters. The van der Waals surface area contributed by atoms with Gasteiger partial charge in [0.25, 0.3) is 0 Å². The fourth-order valence-corrected chi connectivity index (χ4v) is 3.72. The highest BCUT2D eigenvalue weighted by Crippen LogP contribution is 2.20. The maximum Gasteiger partial charge on any atom is 0.241 e. The van der Waals surface area contributed by atoms with E-state index in [1.165, 1.54) is 5.56 Å². The van der Waals surface area contributed by atoms with Gasteiger partial charge in [-0.15, -0.1) is 24.8 Å². The van der Waals surface area contributed by atoms with Crippen LogP contribution in [0.4, 0.5) is 0 Å². The Morgan fingerprint density at radius 3 is 2.43 bits per heavy atom. The van der Waals surface area contributed by atoms with Crippen LogP contribution in [0, 0.1) is 5.92 Å². The first-order valence-corrected chi connectivity index (χ1v) is 9.88. The highest BCUT2D eigenvalue weighted by atomic mass is 35.5. The van der Waals surface area contributed by atoms with E-state index in [9.17, 15) is 4.79 Å². The summed E-state index contributed by atoms with van der Waals surface area (Å²) in [5, 5.41) is 10.4. The number of hydrogen-bond donors (Lipinski definition) is 2. The largest absolute Gasteiger partial charge is 0.497 e. The molecule has 1 saturated heterocycles. The Hall–Kier alpha value is -1.80. The van der Waals surface area contributed by atoms with Gasteiger partial charge in [0.1, 0.15) is 11.8 Å². The molecule has 0 bridgehead atoms. The summed E-state index contributed by atoms with van der Waals surface area (Å²) in [6.07, 6.45) is 5.82. The minimum Gasteiger partial charge on any atom is -0.497 e. The van der Waals surface area contributed by atoms with Crippen LogP contribution in [0.1, 0.15) is 30.0 Å². The highest BCUT2D eigenvalue weighted by molar-refractivity contribution is 5.85. The van der Waals surface area contributed by atoms with Crippen molar-refractivity contribution in [2.45, 2.75) is 25.4 Å². The first kappa shape index (κ1) is 26.2. The lowest BCUT2D eigenvalue weighted by Crippen LogP contribution is -2.41. The third kappa shape index (κ3) is 7.16. The molecule has 9 heteroatoms. The first-order chi connectivity index (χ1) is 13.6. The molecular weight excluding hydrogens is 425 g/mol. The predicted molar refractivity (Wildman–Crippen MR) is 124 cm³/mol. The number of rotatable bonds is 8. The van der Waals surface area contributed by atoms with E-state index in [2.05, 4.69) is 32.8 Å². The summed E-state index contributed by atoms with van der Waals surface area (Å²) in [5.74, 6) is 1.43. The number of nitrogens with zero attached hydrogens (tertiary/aromatic N) is 3. The van der Waals surface area contributed by atoms with Gasteiger partial charge < -0.3 is 15.4 Å². The van der Waals surface area contributed by atoms with E-state index < -0.39 is 0 Å². The third-order valence-corrected chi connectivity index (χ3v) is 5.45. The molecule has 1 fully saturated rings. The van der Waals surface area contributed by atoms with Crippen LogP contribution in [-0.4, -0.2) is 54.4 Å². The fourth-order valence-electron chi connectivity index (χ4n) is 3.72. The number of nitrogens with one attached hydrogen (secondary N) is 2. The van der Waals surface area contributed by atoms with Crippen LogP contribution < -0.4 is 15.4 Å². The van der Waals surface area contributed by atoms with E-state index in [0.29, 0.717) is 5.92 Å². The SMILES string of the molecule is CNC(C(=O)NCC1CCN(Cc2ccc(OC)cc2)CC1)c1cnn(C)c1.Cl.Cl. The number of piperidine rings is 1. The van der Waals surface area contributed by atoms with Crippen molar-refractivity contribution in [3.8, 4) is 5.75 Å². The number of carbonyl (C=O) groups excluding carboxylic acids is 1. The second-order valence-corrected chi connectivity index (χ2v) is 7.48. The van der Waals surface area contributed by atoms with Gasteiger partial charge in [0.2, 0.25) is 5.91 Å². The molecule has 1 aliphatic rings. The van der Waals surface area contributed by atoms with Crippen LogP contribution in [-0.2, 0) is 18.4 Å². The van der Waals surface area contributed by atoms with Crippen molar-refractivity contribution < 1.29 is 9.53 Å². The summed E-state index contributed by atoms with van der Waals surface area (Å²) >= 11 is 0. The van der Waals surface area contributed by atoms with Gasteiger partial charge in [0.15, 0.2) is 0 Å². The molecule has 2 heterocycles. The minimum absolute atomic E-state index is 0. The van der Waals surface area contributed by atoms with E-state index in [-0.39, 0.29) is 36.8 Å². The Morgan fingerprint density at radius 2 is 1.90 bits per heavy atom. The van der Waals surface area contributed by atoms with Crippen molar-refractivity contribution in [2.75, 3.05) is 33.8 Å². The van der Waals surface area contributed by atoms with E-state index in [1.807, 2.05) is 25.4 Å². The molecule has 30 heavy (non-hydrogen) atoms. The summed E-state index contributed by atoms with van der Waals surface area (Å²) in [7, 11) is 5.34. The number of aryl methyl sites for hydroxylation is 1. The molecule has 2 N–H and O–H groups in total. The van der Waals surface area contributed by atoms with Crippen molar-refractivity contribution in [2.24, 2.45) is 13.0 Å². The van der Waals surface area contributed by atoms with Crippen LogP contribution in [0.3, 0.4) is 0 Å². The molecule has 1 aliphatic heterocycles. The lowest BCUT2D eigenvalue weighted by Gasteiger charge is -2.32. The van der Waals surface area contributed by atoms with Gasteiger partial charge in [-0.2, -0.15) is 5.10 Å². The molecule has 1 amide bonds. The maximum absolute atomic E-state index is 12.6. The number of halogens is 2. The zero-order valence-corrected chi connectivity index (χ0v) is 19.5. The zero-order chi connectivity index (χ0) is 19.9. The van der Waals surface area contributed by atoms with Crippen molar-refractivity contribution >= 4 is 30.7 Å². The van der Waals surface area contributed by atoms with E-state index in [0.717, 1.165) is 50.3 Å². The number of carbonyl (C=O) groups is 1. The second kappa shape index (κ2) is 12.8. The van der Waals surface area contributed by atoms with Crippen molar-refractivity contribution in [3.05, 3.63) is 47.8 Å². The number of aromatic nitrogens is 2. The number of benzene rings is 1. The Kier molecular flexibility index (Phi) is 11.2. The average Bonchev–Trinajstić information content (AvgIpc) is 3.14. The van der Waals surface area contributed by atoms with Gasteiger partial charge in [-0.05, 0) is 56.6 Å². The van der Waals surface area contributed by atoms with Crippen LogP contribution in [0.5, 0.6) is 5.75 Å². The number of ether oxygens (including phenoxy) is 1. The molecule has 1 atom stereocenters. The Morgan fingerprint density at radius 1 is 1.23 bits per heavy atom. The predicted octanol–water partition coefficient (Wildman–Crippen LogP) is 2.56. The normalized spacial score (nSPS) is 15.6. The summed E-state index contributed by atoms with van der Waals surface area (Å²) in [4.78, 5) is 15.0. The zero-order valence-electron chi connectivity index (χ0n) is 17.8. The number of amides is 1. The number of methoxy groups -OCH3 is 1. The Balaban J connectivity index is 0.00000225. The standard InChI is InChI=1S/C21H31N5O2.2ClH/c1-22-20(18-13-24-25(2)15-18)21(27)23-12-16-8-10-26(11-9-16)14-17-4-6-19(28-3)7-5-17;;/h4-7,13,15-16,20,22H,8-12,14H2,1-3H3,(H,23,27);2*1H. The summed E-state index contributed by atoms with van der Waals surface area (Å²) < 4.78 is 6.93. The minimum atomic E-state index is -0.358. The van der Waals surface area contributed by atoms with Gasteiger partial charge in [-0.25, -0.2) is 0 Å². The van der Waals surface area contributed by atoms with Gasteiger partial charge >= 0.3 is 0 Å². The lowest BCUT2D eigenvalue weighted by molar-refractivity contribution is -0.123. The van der Waals surface area contributed by atoms with Crippen molar-refractivity contribution in [1.82, 2.24) is 25.3 Å². The molecule has 168 valence electrons. The van der Waals surface area contributed by atoms with Crippen molar-refractivity contribution in [3.63, 3.8) is 0 Å². The van der Waals surface area contributed by atoms with Crippen LogP contribution in [0.2, 0.25) is 0 Å². The molecule has 0 radical (unpaired) electrons. The number of likely N-dealkylation sites (tertiary alicyclic amines) is 1. The molecule has 2 aromatic rings. The summed E-state index contributed by atoms with van der Waals surface area (Å²) in [6.45, 7) is 3.81. The quantitative estimate of drug-likeness (QED) is 0.637. The molecule has 1 aromatic heterocycles. The monoisotopic (exact) mass is 457 g/mol. The Bertz CT molecular complexity index is 761. The molecule has 1 aromatic carbocycles. The molecule has 0 aliphatic carbocycles. The average molecular weight is 458 g/mol. The van der Waals surface area contributed by atoms with Crippen LogP contribution in [0.15, 0.2) is 36.7 Å². The topological polar surface area (TPSA) is 71.4 Å². The molecule has 0 spiro atoms. The molecule has 3 rings (SSSR count). The number of likely N-dealkylation sites (N-methyl/N-ethyl adjacent to an activating group) is 1. The highest BCUT2D eigenvalue weighted by Gasteiger charge is 2.23. The Labute approximate surface area is 191 Å².